The summed E-state index contributed by atoms with van der Waals surface area (Å²) in [6, 6.07) is 0. The minimum Gasteiger partial charge on any atom is -0.0958 e. The average molecular weight is 142 g/mol. The van der Waals surface area contributed by atoms with Crippen molar-refractivity contribution in [1.82, 2.24) is 0 Å². The minimum atomic E-state index is 0.793. The molecular formula is C8H15P. The molecule has 0 bridgehead atoms. The van der Waals surface area contributed by atoms with Gasteiger partial charge in [0.1, 0.15) is 0 Å². The van der Waals surface area contributed by atoms with Gasteiger partial charge in [0.25, 0.3) is 0 Å². The zero-order chi connectivity index (χ0) is 6.53. The molecule has 0 heterocycles. The molecule has 0 saturated heterocycles. The largest absolute Gasteiger partial charge is 0.0958 e. The number of hydrogen-bond acceptors (Lipinski definition) is 0. The smallest absolute Gasteiger partial charge is 0.0200 e. The lowest BCUT2D eigenvalue weighted by atomic mass is 10.0. The molecule has 1 unspecified atom stereocenters. The van der Waals surface area contributed by atoms with Gasteiger partial charge in [-0.15, -0.1) is 0 Å². The van der Waals surface area contributed by atoms with Gasteiger partial charge in [0.2, 0.25) is 0 Å². The molecule has 0 aliphatic heterocycles. The Morgan fingerprint density at radius 1 is 1.11 bits per heavy atom. The Balaban J connectivity index is 2.12. The fourth-order valence-corrected chi connectivity index (χ4v) is 1.66. The van der Waals surface area contributed by atoms with Crippen molar-refractivity contribution < 1.29 is 0 Å². The van der Waals surface area contributed by atoms with Gasteiger partial charge in [0, 0.05) is 0 Å². The third kappa shape index (κ3) is 3.20. The molecule has 0 spiro atoms. The Morgan fingerprint density at radius 2 is 2.00 bits per heavy atom. The maximum atomic E-state index is 3.70. The molecule has 52 valence electrons. The highest BCUT2D eigenvalue weighted by Crippen LogP contribution is 2.21. The lowest BCUT2D eigenvalue weighted by molar-refractivity contribution is 0.576. The van der Waals surface area contributed by atoms with E-state index in [-0.39, 0.29) is 0 Å². The summed E-state index contributed by atoms with van der Waals surface area (Å²) in [6.45, 7) is 0. The van der Waals surface area contributed by atoms with Gasteiger partial charge in [-0.05, 0) is 31.3 Å². The van der Waals surface area contributed by atoms with Crippen LogP contribution in [0.1, 0.15) is 38.5 Å². The van der Waals surface area contributed by atoms with Crippen LogP contribution in [0.5, 0.6) is 0 Å². The highest BCUT2D eigenvalue weighted by Gasteiger charge is 2.05. The van der Waals surface area contributed by atoms with Crippen molar-refractivity contribution in [3.05, 3.63) is 6.42 Å². The summed E-state index contributed by atoms with van der Waals surface area (Å²) in [5.74, 6) is 0. The first kappa shape index (κ1) is 7.54. The van der Waals surface area contributed by atoms with Gasteiger partial charge in [-0.1, -0.05) is 28.5 Å². The van der Waals surface area contributed by atoms with Crippen molar-refractivity contribution in [3.8, 4) is 0 Å². The van der Waals surface area contributed by atoms with Gasteiger partial charge in [0.05, 0.1) is 0 Å². The van der Waals surface area contributed by atoms with E-state index in [1.165, 1.54) is 38.5 Å². The maximum Gasteiger partial charge on any atom is -0.0200 e. The van der Waals surface area contributed by atoms with Crippen LogP contribution in [0.4, 0.5) is 0 Å². The maximum absolute atomic E-state index is 3.70. The van der Waals surface area contributed by atoms with Crippen LogP contribution in [-0.4, -0.2) is 5.66 Å². The van der Waals surface area contributed by atoms with E-state index in [1.807, 2.05) is 0 Å². The summed E-state index contributed by atoms with van der Waals surface area (Å²) in [7, 11) is 3.70. The zero-order valence-corrected chi connectivity index (χ0v) is 6.90. The molecule has 0 amide bonds. The van der Waals surface area contributed by atoms with E-state index in [0.29, 0.717) is 0 Å². The fraction of sp³-hybridized carbons (Fsp3) is 0.875. The van der Waals surface area contributed by atoms with Crippen LogP contribution in [-0.2, 0) is 0 Å². The molecule has 1 saturated carbocycles. The van der Waals surface area contributed by atoms with Crippen molar-refractivity contribution >= 4 is 9.24 Å². The SMILES string of the molecule is [PH]C1CC[CH]CCCC1. The molecule has 0 aromatic carbocycles. The van der Waals surface area contributed by atoms with Gasteiger partial charge < -0.3 is 0 Å². The topological polar surface area (TPSA) is 0 Å². The van der Waals surface area contributed by atoms with Crippen molar-refractivity contribution in [2.45, 2.75) is 44.2 Å². The van der Waals surface area contributed by atoms with E-state index >= 15 is 0 Å². The van der Waals surface area contributed by atoms with E-state index in [1.54, 1.807) is 0 Å². The molecule has 0 aromatic heterocycles. The third-order valence-corrected chi connectivity index (χ3v) is 2.51. The van der Waals surface area contributed by atoms with E-state index in [4.69, 9.17) is 0 Å². The van der Waals surface area contributed by atoms with Crippen molar-refractivity contribution in [1.29, 1.82) is 0 Å². The van der Waals surface area contributed by atoms with Gasteiger partial charge >= 0.3 is 0 Å². The van der Waals surface area contributed by atoms with E-state index < -0.39 is 0 Å². The molecular weight excluding hydrogens is 127 g/mol. The van der Waals surface area contributed by atoms with Crippen LogP contribution in [0.25, 0.3) is 0 Å². The molecule has 1 aliphatic carbocycles. The van der Waals surface area contributed by atoms with Crippen LogP contribution in [0.15, 0.2) is 0 Å². The van der Waals surface area contributed by atoms with Crippen molar-refractivity contribution in [2.24, 2.45) is 0 Å². The highest BCUT2D eigenvalue weighted by atomic mass is 31.0. The first-order valence-electron chi connectivity index (χ1n) is 3.92. The van der Waals surface area contributed by atoms with Crippen molar-refractivity contribution in [3.63, 3.8) is 0 Å². The predicted octanol–water partition coefficient (Wildman–Crippen LogP) is 3.06. The Kier molecular flexibility index (Phi) is 3.58. The Bertz CT molecular complexity index is 63.0. The molecule has 1 fully saturated rings. The highest BCUT2D eigenvalue weighted by molar-refractivity contribution is 7.17. The zero-order valence-electron chi connectivity index (χ0n) is 5.90. The van der Waals surface area contributed by atoms with Crippen LogP contribution in [0, 0.1) is 6.42 Å². The molecule has 0 N–H and O–H groups in total. The Labute approximate surface area is 60.6 Å². The molecule has 9 heavy (non-hydrogen) atoms. The molecule has 0 nitrogen and oxygen atoms in total. The second-order valence-corrected chi connectivity index (χ2v) is 3.66. The third-order valence-electron chi connectivity index (χ3n) is 1.93. The predicted molar refractivity (Wildman–Crippen MR) is 44.1 cm³/mol. The summed E-state index contributed by atoms with van der Waals surface area (Å²) in [5.41, 5.74) is 0.793. The molecule has 1 rings (SSSR count). The second-order valence-electron chi connectivity index (χ2n) is 2.85. The van der Waals surface area contributed by atoms with Crippen LogP contribution in [0.2, 0.25) is 0 Å². The average Bonchev–Trinajstić information content (AvgIpc) is 1.79. The molecule has 1 heteroatoms. The molecule has 2 radical (unpaired) electrons. The van der Waals surface area contributed by atoms with E-state index in [2.05, 4.69) is 15.7 Å². The van der Waals surface area contributed by atoms with Crippen LogP contribution >= 0.6 is 9.24 Å². The second kappa shape index (κ2) is 4.28. The lowest BCUT2D eigenvalue weighted by Gasteiger charge is -2.13. The number of hydrogen-bond donors (Lipinski definition) is 0. The lowest BCUT2D eigenvalue weighted by Crippen LogP contribution is -2.00. The van der Waals surface area contributed by atoms with E-state index in [0.717, 1.165) is 5.66 Å². The first-order valence-corrected chi connectivity index (χ1v) is 4.50. The monoisotopic (exact) mass is 142 g/mol. The Hall–Kier alpha value is 0.430. The summed E-state index contributed by atoms with van der Waals surface area (Å²) >= 11 is 0. The summed E-state index contributed by atoms with van der Waals surface area (Å²) in [5, 5.41) is 0. The molecule has 1 atom stereocenters. The van der Waals surface area contributed by atoms with Gasteiger partial charge in [-0.2, -0.15) is 0 Å². The quantitative estimate of drug-likeness (QED) is 0.456. The number of rotatable bonds is 0. The van der Waals surface area contributed by atoms with Gasteiger partial charge in [-0.3, -0.25) is 0 Å². The standard InChI is InChI=1S/C8H15P/c9-8-6-4-2-1-3-5-7-8/h2,8-9H,1,3-7H2. The van der Waals surface area contributed by atoms with Crippen molar-refractivity contribution in [2.75, 3.05) is 0 Å². The van der Waals surface area contributed by atoms with Crippen LogP contribution < -0.4 is 0 Å². The minimum absolute atomic E-state index is 0.793. The summed E-state index contributed by atoms with van der Waals surface area (Å²) in [4.78, 5) is 0. The fourth-order valence-electron chi connectivity index (χ4n) is 1.29. The van der Waals surface area contributed by atoms with Gasteiger partial charge in [-0.25, -0.2) is 0 Å². The normalized spacial score (nSPS) is 25.0. The van der Waals surface area contributed by atoms with Crippen LogP contribution in [0.3, 0.4) is 0 Å². The van der Waals surface area contributed by atoms with E-state index in [9.17, 15) is 0 Å². The molecule has 0 aromatic rings. The first-order chi connectivity index (χ1) is 4.39. The summed E-state index contributed by atoms with van der Waals surface area (Å²) < 4.78 is 0. The summed E-state index contributed by atoms with van der Waals surface area (Å²) in [6.07, 6.45) is 10.6. The van der Waals surface area contributed by atoms with Gasteiger partial charge in [0.15, 0.2) is 0 Å². The Morgan fingerprint density at radius 3 is 2.89 bits per heavy atom. The molecule has 1 aliphatic rings.